The Labute approximate surface area is 222 Å². The van der Waals surface area contributed by atoms with E-state index < -0.39 is 23.0 Å². The second-order valence-electron chi connectivity index (χ2n) is 8.57. The second-order valence-corrected chi connectivity index (χ2v) is 8.57. The van der Waals surface area contributed by atoms with Crippen LogP contribution in [0.25, 0.3) is 22.4 Å². The molecule has 0 aliphatic rings. The number of ether oxygens (including phenoxy) is 1. The van der Waals surface area contributed by atoms with Crippen LogP contribution in [0.5, 0.6) is 11.5 Å². The summed E-state index contributed by atoms with van der Waals surface area (Å²) in [5, 5.41) is 16.9. The number of aromatic nitrogens is 7. The van der Waals surface area contributed by atoms with Gasteiger partial charge < -0.3 is 14.6 Å². The number of pyridine rings is 4. The van der Waals surface area contributed by atoms with Crippen LogP contribution < -0.4 is 15.6 Å². The van der Waals surface area contributed by atoms with Gasteiger partial charge in [0.25, 0.3) is 5.56 Å². The Bertz CT molecular complexity index is 2000. The molecule has 0 fully saturated rings. The summed E-state index contributed by atoms with van der Waals surface area (Å²) >= 11 is 0. The maximum absolute atomic E-state index is 13.7. The monoisotopic (exact) mass is 543 g/mol. The van der Waals surface area contributed by atoms with Crippen LogP contribution in [0.2, 0.25) is 0 Å². The van der Waals surface area contributed by atoms with Crippen LogP contribution >= 0.6 is 0 Å². The fraction of sp³-hybridized carbons (Fsp3) is 0.0769. The molecule has 0 bridgehead atoms. The summed E-state index contributed by atoms with van der Waals surface area (Å²) in [6.45, 7) is 0. The second kappa shape index (κ2) is 9.24. The summed E-state index contributed by atoms with van der Waals surface area (Å²) in [5.41, 5.74) is -0.955. The van der Waals surface area contributed by atoms with Gasteiger partial charge >= 0.3 is 6.18 Å². The van der Waals surface area contributed by atoms with E-state index in [4.69, 9.17) is 4.74 Å². The molecule has 0 aromatic carbocycles. The van der Waals surface area contributed by atoms with Gasteiger partial charge in [0.1, 0.15) is 28.4 Å². The van der Waals surface area contributed by atoms with Gasteiger partial charge in [-0.1, -0.05) is 6.07 Å². The minimum Gasteiger partial charge on any atom is -0.450 e. The van der Waals surface area contributed by atoms with Crippen molar-refractivity contribution in [3.8, 4) is 23.3 Å². The fourth-order valence-corrected chi connectivity index (χ4v) is 4.20. The van der Waals surface area contributed by atoms with Crippen molar-refractivity contribution < 1.29 is 17.9 Å². The van der Waals surface area contributed by atoms with Crippen LogP contribution in [0.1, 0.15) is 11.1 Å². The zero-order valence-corrected chi connectivity index (χ0v) is 20.5. The maximum Gasteiger partial charge on any atom is 0.417 e. The fourth-order valence-electron chi connectivity index (χ4n) is 4.20. The molecule has 40 heavy (non-hydrogen) atoms. The van der Waals surface area contributed by atoms with E-state index in [2.05, 4.69) is 31.4 Å². The minimum atomic E-state index is -4.74. The Hall–Kier alpha value is -5.71. The number of imidazole rings is 1. The summed E-state index contributed by atoms with van der Waals surface area (Å²) in [5.74, 6) is 0.501. The number of hydrogen-bond acceptors (Lipinski definition) is 8. The maximum atomic E-state index is 13.7. The lowest BCUT2D eigenvalue weighted by atomic mass is 10.2. The SMILES string of the molecule is Cn1c(Nc2cc(C(F)(F)F)cn(-c3cccnc3)c2=O)nc2ncc(Oc3cnn4ccccc34)c(C#N)c21. The molecular weight excluding hydrogens is 527 g/mol. The number of fused-ring (bicyclic) bond motifs is 2. The van der Waals surface area contributed by atoms with Gasteiger partial charge in [0.05, 0.1) is 29.8 Å². The number of hydrogen-bond donors (Lipinski definition) is 1. The van der Waals surface area contributed by atoms with Crippen molar-refractivity contribution in [1.29, 1.82) is 5.26 Å². The van der Waals surface area contributed by atoms with E-state index in [-0.39, 0.29) is 34.1 Å². The average molecular weight is 543 g/mol. The average Bonchev–Trinajstić information content (AvgIpc) is 3.50. The molecular formula is C26H16F3N9O2. The molecule has 0 atom stereocenters. The van der Waals surface area contributed by atoms with Crippen LogP contribution in [0.15, 0.2) is 78.4 Å². The van der Waals surface area contributed by atoms with Gasteiger partial charge in [-0.25, -0.2) is 9.50 Å². The summed E-state index contributed by atoms with van der Waals surface area (Å²) in [7, 11) is 1.53. The van der Waals surface area contributed by atoms with E-state index >= 15 is 0 Å². The molecule has 0 saturated carbocycles. The number of nitriles is 1. The number of rotatable bonds is 5. The summed E-state index contributed by atoms with van der Waals surface area (Å²) < 4.78 is 51.0. The Morgan fingerprint density at radius 3 is 2.70 bits per heavy atom. The first kappa shape index (κ1) is 24.6. The molecule has 0 radical (unpaired) electrons. The Morgan fingerprint density at radius 1 is 1.10 bits per heavy atom. The lowest BCUT2D eigenvalue weighted by Crippen LogP contribution is -2.24. The van der Waals surface area contributed by atoms with Crippen molar-refractivity contribution in [1.82, 2.24) is 33.7 Å². The van der Waals surface area contributed by atoms with E-state index in [1.807, 2.05) is 6.07 Å². The molecule has 0 aliphatic carbocycles. The molecule has 0 aliphatic heterocycles. The molecule has 0 spiro atoms. The number of anilines is 2. The normalized spacial score (nSPS) is 11.6. The summed E-state index contributed by atoms with van der Waals surface area (Å²) in [6, 6.07) is 11.2. The van der Waals surface area contributed by atoms with Crippen LogP contribution in [0.4, 0.5) is 24.8 Å². The van der Waals surface area contributed by atoms with Crippen LogP contribution in [0, 0.1) is 11.3 Å². The number of nitrogens with zero attached hydrogens (tertiary/aromatic N) is 8. The van der Waals surface area contributed by atoms with Gasteiger partial charge in [-0.15, -0.1) is 0 Å². The van der Waals surface area contributed by atoms with Crippen LogP contribution in [0.3, 0.4) is 0 Å². The molecule has 6 aromatic rings. The quantitative estimate of drug-likeness (QED) is 0.335. The van der Waals surface area contributed by atoms with Gasteiger partial charge in [0, 0.05) is 25.6 Å². The summed E-state index contributed by atoms with van der Waals surface area (Å²) in [6.07, 6.45) is 3.24. The first-order valence-electron chi connectivity index (χ1n) is 11.6. The number of alkyl halides is 3. The molecule has 14 heteroatoms. The number of nitrogens with one attached hydrogen (secondary N) is 1. The topological polar surface area (TPSA) is 128 Å². The third-order valence-corrected chi connectivity index (χ3v) is 6.10. The van der Waals surface area contributed by atoms with Crippen LogP contribution in [-0.4, -0.2) is 33.7 Å². The Morgan fingerprint density at radius 2 is 1.95 bits per heavy atom. The van der Waals surface area contributed by atoms with E-state index in [1.54, 1.807) is 22.8 Å². The molecule has 6 aromatic heterocycles. The van der Waals surface area contributed by atoms with E-state index in [0.29, 0.717) is 23.5 Å². The molecule has 6 heterocycles. The molecule has 0 amide bonds. The highest BCUT2D eigenvalue weighted by molar-refractivity contribution is 5.84. The highest BCUT2D eigenvalue weighted by Gasteiger charge is 2.33. The first-order chi connectivity index (χ1) is 19.2. The molecule has 6 rings (SSSR count). The number of aryl methyl sites for hydroxylation is 1. The molecule has 198 valence electrons. The van der Waals surface area contributed by atoms with Crippen molar-refractivity contribution in [2.24, 2.45) is 7.05 Å². The van der Waals surface area contributed by atoms with Gasteiger partial charge in [-0.3, -0.25) is 14.3 Å². The zero-order chi connectivity index (χ0) is 28.0. The highest BCUT2D eigenvalue weighted by Crippen LogP contribution is 2.34. The van der Waals surface area contributed by atoms with Crippen molar-refractivity contribution in [3.63, 3.8) is 0 Å². The third-order valence-electron chi connectivity index (χ3n) is 6.10. The third kappa shape index (κ3) is 4.15. The predicted molar refractivity (Wildman–Crippen MR) is 137 cm³/mol. The zero-order valence-electron chi connectivity index (χ0n) is 20.5. The van der Waals surface area contributed by atoms with Crippen molar-refractivity contribution in [3.05, 3.63) is 95.1 Å². The first-order valence-corrected chi connectivity index (χ1v) is 11.6. The van der Waals surface area contributed by atoms with E-state index in [0.717, 1.165) is 4.57 Å². The van der Waals surface area contributed by atoms with Crippen molar-refractivity contribution >= 4 is 28.3 Å². The van der Waals surface area contributed by atoms with Gasteiger partial charge in [-0.2, -0.15) is 28.5 Å². The Balaban J connectivity index is 1.44. The van der Waals surface area contributed by atoms with Crippen LogP contribution in [-0.2, 0) is 13.2 Å². The molecule has 0 saturated heterocycles. The number of halogens is 3. The smallest absolute Gasteiger partial charge is 0.417 e. The largest absolute Gasteiger partial charge is 0.450 e. The lowest BCUT2D eigenvalue weighted by Gasteiger charge is -2.14. The highest BCUT2D eigenvalue weighted by atomic mass is 19.4. The van der Waals surface area contributed by atoms with Gasteiger partial charge in [0.2, 0.25) is 5.95 Å². The minimum absolute atomic E-state index is 0.0127. The van der Waals surface area contributed by atoms with Gasteiger partial charge in [-0.05, 0) is 30.3 Å². The van der Waals surface area contributed by atoms with E-state index in [1.165, 1.54) is 48.5 Å². The molecule has 1 N–H and O–H groups in total. The summed E-state index contributed by atoms with van der Waals surface area (Å²) in [4.78, 5) is 25.7. The molecule has 11 nitrogen and oxygen atoms in total. The molecule has 0 unspecified atom stereocenters. The predicted octanol–water partition coefficient (Wildman–Crippen LogP) is 4.59. The lowest BCUT2D eigenvalue weighted by molar-refractivity contribution is -0.137. The standard InChI is InChI=1S/C26H16F3N9O2/c1-36-22-17(10-30)20(40-21-13-33-38-8-3-2-6-19(21)38)12-32-23(22)35-25(36)34-18-9-15(26(27,28)29)14-37(24(18)39)16-5-4-7-31-11-16/h2-9,11-14H,1H3,(H,32,34,35). The van der Waals surface area contributed by atoms with E-state index in [9.17, 15) is 23.2 Å². The Kier molecular flexibility index (Phi) is 5.69. The van der Waals surface area contributed by atoms with Gasteiger partial charge in [0.15, 0.2) is 17.1 Å². The van der Waals surface area contributed by atoms with Crippen molar-refractivity contribution in [2.75, 3.05) is 5.32 Å². The van der Waals surface area contributed by atoms with Crippen molar-refractivity contribution in [2.45, 2.75) is 6.18 Å².